The molecule has 0 aliphatic rings. The summed E-state index contributed by atoms with van der Waals surface area (Å²) in [5, 5.41) is 0.350. The first-order chi connectivity index (χ1) is 16.5. The van der Waals surface area contributed by atoms with Gasteiger partial charge in [0.05, 0.1) is 19.8 Å². The maximum absolute atomic E-state index is 14.3. The number of halogens is 1. The van der Waals surface area contributed by atoms with Crippen LogP contribution in [0.15, 0.2) is 67.0 Å². The first-order valence-corrected chi connectivity index (χ1v) is 11.6. The van der Waals surface area contributed by atoms with Gasteiger partial charge < -0.3 is 9.47 Å². The fourth-order valence-corrected chi connectivity index (χ4v) is 3.88. The maximum atomic E-state index is 14.3. The highest BCUT2D eigenvalue weighted by Crippen LogP contribution is 2.35. The van der Waals surface area contributed by atoms with Gasteiger partial charge in [0.1, 0.15) is 16.7 Å². The Morgan fingerprint density at radius 3 is 2.29 bits per heavy atom. The van der Waals surface area contributed by atoms with Gasteiger partial charge in [0.2, 0.25) is 5.91 Å². The number of amides is 1. The van der Waals surface area contributed by atoms with E-state index in [-0.39, 0.29) is 19.6 Å². The van der Waals surface area contributed by atoms with Crippen LogP contribution >= 0.6 is 11.6 Å². The molecule has 1 unspecified atom stereocenters. The molecule has 3 rings (SSSR count). The van der Waals surface area contributed by atoms with Crippen LogP contribution in [0.1, 0.15) is 38.3 Å². The second-order valence-corrected chi connectivity index (χ2v) is 7.89. The van der Waals surface area contributed by atoms with Crippen molar-refractivity contribution in [1.29, 1.82) is 0 Å². The summed E-state index contributed by atoms with van der Waals surface area (Å²) in [6, 6.07) is 15.7. The van der Waals surface area contributed by atoms with Crippen molar-refractivity contribution in [3.8, 4) is 5.75 Å². The molecule has 0 saturated carbocycles. The number of pyridine rings is 2. The molecule has 0 aliphatic heterocycles. The number of rotatable bonds is 10. The number of benzene rings is 1. The lowest BCUT2D eigenvalue weighted by Gasteiger charge is -2.35. The molecule has 0 saturated heterocycles. The van der Waals surface area contributed by atoms with Crippen LogP contribution in [0.4, 0.5) is 5.82 Å². The Bertz CT molecular complexity index is 1090. The fraction of sp³-hybridized carbons (Fsp3) is 0.308. The molecular weight excluding hydrogens is 454 g/mol. The summed E-state index contributed by atoms with van der Waals surface area (Å²) in [7, 11) is 0. The van der Waals surface area contributed by atoms with Crippen LogP contribution in [-0.2, 0) is 26.3 Å². The lowest BCUT2D eigenvalue weighted by molar-refractivity contribution is -0.154. The number of esters is 1. The molecule has 0 fully saturated rings. The van der Waals surface area contributed by atoms with Crippen molar-refractivity contribution < 1.29 is 19.1 Å². The molecule has 1 aromatic carbocycles. The average molecular weight is 482 g/mol. The van der Waals surface area contributed by atoms with Gasteiger partial charge in [-0.2, -0.15) is 0 Å². The predicted octanol–water partition coefficient (Wildman–Crippen LogP) is 4.97. The van der Waals surface area contributed by atoms with E-state index in [9.17, 15) is 9.59 Å². The quantitative estimate of drug-likeness (QED) is 0.231. The van der Waals surface area contributed by atoms with Crippen LogP contribution in [-0.4, -0.2) is 35.1 Å². The number of ether oxygens (including phenoxy) is 2. The summed E-state index contributed by atoms with van der Waals surface area (Å²) < 4.78 is 11.0. The van der Waals surface area contributed by atoms with Crippen LogP contribution in [0, 0.1) is 0 Å². The second-order valence-electron chi connectivity index (χ2n) is 7.51. The third-order valence-electron chi connectivity index (χ3n) is 5.48. The molecule has 7 nitrogen and oxygen atoms in total. The second kappa shape index (κ2) is 11.6. The fourth-order valence-electron chi connectivity index (χ4n) is 3.77. The Morgan fingerprint density at radius 1 is 0.971 bits per heavy atom. The normalized spacial score (nSPS) is 12.5. The highest BCUT2D eigenvalue weighted by atomic mass is 35.5. The predicted molar refractivity (Wildman–Crippen MR) is 131 cm³/mol. The van der Waals surface area contributed by atoms with E-state index < -0.39 is 17.3 Å². The first kappa shape index (κ1) is 25.2. The van der Waals surface area contributed by atoms with Crippen molar-refractivity contribution in [2.45, 2.75) is 39.2 Å². The summed E-state index contributed by atoms with van der Waals surface area (Å²) in [5.41, 5.74) is -0.306. The monoisotopic (exact) mass is 481 g/mol. The van der Waals surface area contributed by atoms with Crippen LogP contribution < -0.4 is 9.64 Å². The Labute approximate surface area is 204 Å². The zero-order chi connectivity index (χ0) is 24.6. The zero-order valence-corrected chi connectivity index (χ0v) is 20.3. The maximum Gasteiger partial charge on any atom is 0.326 e. The van der Waals surface area contributed by atoms with Crippen LogP contribution in [0.25, 0.3) is 0 Å². The van der Waals surface area contributed by atoms with E-state index in [2.05, 4.69) is 9.97 Å². The van der Waals surface area contributed by atoms with Crippen molar-refractivity contribution in [2.24, 2.45) is 0 Å². The van der Waals surface area contributed by atoms with E-state index in [1.165, 1.54) is 4.90 Å². The van der Waals surface area contributed by atoms with Crippen molar-refractivity contribution in [3.05, 3.63) is 83.3 Å². The van der Waals surface area contributed by atoms with Crippen molar-refractivity contribution in [3.63, 3.8) is 0 Å². The standard InChI is InChI=1S/C26H28ClN3O4/c1-4-26(25(32)34-6-3,20-11-13-21(14-12-20)33-5-2)24(31)30(23-9-7-8-16-28-23)18-19-10-15-22(27)29-17-19/h7-17H,4-6,18H2,1-3H3. The van der Waals surface area contributed by atoms with E-state index in [4.69, 9.17) is 21.1 Å². The molecule has 3 aromatic rings. The Hall–Kier alpha value is -3.45. The molecule has 178 valence electrons. The van der Waals surface area contributed by atoms with E-state index in [0.29, 0.717) is 28.9 Å². The van der Waals surface area contributed by atoms with Crippen LogP contribution in [0.5, 0.6) is 5.75 Å². The lowest BCUT2D eigenvalue weighted by atomic mass is 9.76. The first-order valence-electron chi connectivity index (χ1n) is 11.2. The van der Waals surface area contributed by atoms with Gasteiger partial charge in [-0.3, -0.25) is 14.5 Å². The average Bonchev–Trinajstić information content (AvgIpc) is 2.86. The molecule has 0 N–H and O–H groups in total. The summed E-state index contributed by atoms with van der Waals surface area (Å²) >= 11 is 5.94. The molecule has 0 aliphatic carbocycles. The Morgan fingerprint density at radius 2 is 1.74 bits per heavy atom. The minimum absolute atomic E-state index is 0.148. The van der Waals surface area contributed by atoms with Gasteiger partial charge in [0.25, 0.3) is 0 Å². The number of hydrogen-bond donors (Lipinski definition) is 0. The van der Waals surface area contributed by atoms with Gasteiger partial charge in [-0.25, -0.2) is 9.97 Å². The number of nitrogens with zero attached hydrogens (tertiary/aromatic N) is 3. The lowest BCUT2D eigenvalue weighted by Crippen LogP contribution is -2.52. The topological polar surface area (TPSA) is 81.6 Å². The molecule has 2 heterocycles. The summed E-state index contributed by atoms with van der Waals surface area (Å²) in [6.07, 6.45) is 3.39. The molecule has 1 atom stereocenters. The number of hydrogen-bond acceptors (Lipinski definition) is 6. The SMILES string of the molecule is CCOC(=O)C(CC)(C(=O)N(Cc1ccc(Cl)nc1)c1ccccn1)c1ccc(OCC)cc1. The number of anilines is 1. The van der Waals surface area contributed by atoms with Gasteiger partial charge in [-0.1, -0.05) is 42.8 Å². The van der Waals surface area contributed by atoms with Gasteiger partial charge in [0.15, 0.2) is 5.41 Å². The van der Waals surface area contributed by atoms with Crippen LogP contribution in [0.2, 0.25) is 5.15 Å². The number of carbonyl (C=O) groups excluding carboxylic acids is 2. The number of carbonyl (C=O) groups is 2. The van der Waals surface area contributed by atoms with E-state index in [1.54, 1.807) is 80.8 Å². The van der Waals surface area contributed by atoms with Gasteiger partial charge in [0, 0.05) is 12.4 Å². The molecule has 34 heavy (non-hydrogen) atoms. The molecule has 2 aromatic heterocycles. The van der Waals surface area contributed by atoms with Crippen molar-refractivity contribution in [1.82, 2.24) is 9.97 Å². The highest BCUT2D eigenvalue weighted by molar-refractivity contribution is 6.29. The van der Waals surface area contributed by atoms with Gasteiger partial charge >= 0.3 is 5.97 Å². The molecule has 0 spiro atoms. The zero-order valence-electron chi connectivity index (χ0n) is 19.5. The molecule has 1 amide bonds. The molecule has 0 radical (unpaired) electrons. The third-order valence-corrected chi connectivity index (χ3v) is 5.70. The largest absolute Gasteiger partial charge is 0.494 e. The van der Waals surface area contributed by atoms with E-state index >= 15 is 0 Å². The van der Waals surface area contributed by atoms with Crippen molar-refractivity contribution in [2.75, 3.05) is 18.1 Å². The summed E-state index contributed by atoms with van der Waals surface area (Å²) in [5.74, 6) is 0.0185. The van der Waals surface area contributed by atoms with Gasteiger partial charge in [-0.05, 0) is 61.7 Å². The number of aromatic nitrogens is 2. The smallest absolute Gasteiger partial charge is 0.326 e. The Balaban J connectivity index is 2.12. The summed E-state index contributed by atoms with van der Waals surface area (Å²) in [6.45, 7) is 6.22. The highest BCUT2D eigenvalue weighted by Gasteiger charge is 2.50. The van der Waals surface area contributed by atoms with E-state index in [0.717, 1.165) is 5.56 Å². The summed E-state index contributed by atoms with van der Waals surface area (Å²) in [4.78, 5) is 37.7. The van der Waals surface area contributed by atoms with Crippen LogP contribution in [0.3, 0.4) is 0 Å². The third kappa shape index (κ3) is 5.37. The van der Waals surface area contributed by atoms with Crippen molar-refractivity contribution >= 4 is 29.3 Å². The minimum atomic E-state index is -1.57. The minimum Gasteiger partial charge on any atom is -0.494 e. The molecule has 8 heteroatoms. The Kier molecular flexibility index (Phi) is 8.60. The van der Waals surface area contributed by atoms with E-state index in [1.807, 2.05) is 6.92 Å². The van der Waals surface area contributed by atoms with Gasteiger partial charge in [-0.15, -0.1) is 0 Å². The molecule has 0 bridgehead atoms. The molecular formula is C26H28ClN3O4.